The van der Waals surface area contributed by atoms with Crippen molar-refractivity contribution in [2.75, 3.05) is 13.2 Å². The van der Waals surface area contributed by atoms with Crippen LogP contribution >= 0.6 is 11.8 Å². The van der Waals surface area contributed by atoms with Crippen molar-refractivity contribution in [2.45, 2.75) is 50.3 Å². The topological polar surface area (TPSA) is 47.6 Å². The third-order valence-electron chi connectivity index (χ3n) is 4.83. The molecule has 3 rings (SSSR count). The SMILES string of the molecule is CCOc1ccc(C(NC(=O)C2Cc3ccccc3S2)C(C)C)cc1OCC. The van der Waals surface area contributed by atoms with Gasteiger partial charge in [0.15, 0.2) is 11.5 Å². The molecule has 0 fully saturated rings. The number of benzene rings is 2. The van der Waals surface area contributed by atoms with Crippen LogP contribution in [0.5, 0.6) is 11.5 Å². The van der Waals surface area contributed by atoms with Crippen molar-refractivity contribution >= 4 is 17.7 Å². The van der Waals surface area contributed by atoms with Crippen molar-refractivity contribution in [3.63, 3.8) is 0 Å². The maximum atomic E-state index is 13.0. The van der Waals surface area contributed by atoms with Crippen LogP contribution in [0, 0.1) is 5.92 Å². The van der Waals surface area contributed by atoms with E-state index in [9.17, 15) is 4.79 Å². The minimum atomic E-state index is -0.0771. The zero-order valence-corrected chi connectivity index (χ0v) is 17.8. The third-order valence-corrected chi connectivity index (χ3v) is 6.15. The summed E-state index contributed by atoms with van der Waals surface area (Å²) in [5.74, 6) is 1.81. The smallest absolute Gasteiger partial charge is 0.234 e. The molecule has 0 spiro atoms. The molecule has 1 amide bonds. The summed E-state index contributed by atoms with van der Waals surface area (Å²) in [6.45, 7) is 9.32. The van der Waals surface area contributed by atoms with E-state index in [0.29, 0.717) is 13.2 Å². The van der Waals surface area contributed by atoms with Gasteiger partial charge in [-0.2, -0.15) is 0 Å². The lowest BCUT2D eigenvalue weighted by Gasteiger charge is -2.25. The lowest BCUT2D eigenvalue weighted by atomic mass is 9.95. The van der Waals surface area contributed by atoms with Crippen molar-refractivity contribution in [3.05, 3.63) is 53.6 Å². The van der Waals surface area contributed by atoms with Gasteiger partial charge in [0, 0.05) is 4.90 Å². The number of carbonyl (C=O) groups is 1. The number of hydrogen-bond acceptors (Lipinski definition) is 4. The Morgan fingerprint density at radius 2 is 1.82 bits per heavy atom. The van der Waals surface area contributed by atoms with Crippen molar-refractivity contribution in [1.82, 2.24) is 5.32 Å². The van der Waals surface area contributed by atoms with E-state index < -0.39 is 0 Å². The standard InChI is InChI=1S/C23H29NO3S/c1-5-26-18-12-11-17(13-19(18)27-6-2)22(15(3)4)24-23(25)21-14-16-9-7-8-10-20(16)28-21/h7-13,15,21-22H,5-6,14H2,1-4H3,(H,24,25). The molecular weight excluding hydrogens is 370 g/mol. The molecule has 0 bridgehead atoms. The molecule has 0 aromatic heterocycles. The van der Waals surface area contributed by atoms with Crippen LogP contribution in [0.4, 0.5) is 0 Å². The summed E-state index contributed by atoms with van der Waals surface area (Å²) in [5.41, 5.74) is 2.30. The van der Waals surface area contributed by atoms with Gasteiger partial charge in [0.05, 0.1) is 24.5 Å². The van der Waals surface area contributed by atoms with Crippen molar-refractivity contribution in [1.29, 1.82) is 0 Å². The van der Waals surface area contributed by atoms with Gasteiger partial charge in [-0.15, -0.1) is 11.8 Å². The van der Waals surface area contributed by atoms with Gasteiger partial charge in [-0.25, -0.2) is 0 Å². The van der Waals surface area contributed by atoms with Crippen molar-refractivity contribution < 1.29 is 14.3 Å². The normalized spacial score (nSPS) is 16.5. The van der Waals surface area contributed by atoms with Crippen LogP contribution in [0.1, 0.15) is 44.9 Å². The summed E-state index contributed by atoms with van der Waals surface area (Å²) >= 11 is 1.66. The number of rotatable bonds is 8. The van der Waals surface area contributed by atoms with Gasteiger partial charge >= 0.3 is 0 Å². The zero-order valence-electron chi connectivity index (χ0n) is 17.0. The van der Waals surface area contributed by atoms with Crippen LogP contribution in [-0.4, -0.2) is 24.4 Å². The first-order chi connectivity index (χ1) is 13.5. The molecule has 28 heavy (non-hydrogen) atoms. The minimum absolute atomic E-state index is 0.0762. The van der Waals surface area contributed by atoms with Crippen LogP contribution in [0.25, 0.3) is 0 Å². The summed E-state index contributed by atoms with van der Waals surface area (Å²) in [6, 6.07) is 14.1. The molecule has 1 N–H and O–H groups in total. The molecule has 4 nitrogen and oxygen atoms in total. The van der Waals surface area contributed by atoms with Crippen molar-refractivity contribution in [2.24, 2.45) is 5.92 Å². The second kappa shape index (κ2) is 9.37. The predicted octanol–water partition coefficient (Wildman–Crippen LogP) is 5.01. The van der Waals surface area contributed by atoms with Gasteiger partial charge in [-0.1, -0.05) is 38.1 Å². The Kier molecular flexibility index (Phi) is 6.89. The fourth-order valence-electron chi connectivity index (χ4n) is 3.47. The second-order valence-corrected chi connectivity index (χ2v) is 8.47. The summed E-state index contributed by atoms with van der Waals surface area (Å²) in [7, 11) is 0. The summed E-state index contributed by atoms with van der Waals surface area (Å²) in [6.07, 6.45) is 0.783. The number of thioether (sulfide) groups is 1. The van der Waals surface area contributed by atoms with E-state index in [-0.39, 0.29) is 23.1 Å². The number of ether oxygens (including phenoxy) is 2. The van der Waals surface area contributed by atoms with Gasteiger partial charge in [-0.05, 0) is 55.5 Å². The molecule has 0 saturated carbocycles. The Hall–Kier alpha value is -2.14. The Bertz CT molecular complexity index is 796. The third kappa shape index (κ3) is 4.64. The highest BCUT2D eigenvalue weighted by molar-refractivity contribution is 8.01. The first-order valence-electron chi connectivity index (χ1n) is 9.98. The van der Waals surface area contributed by atoms with Crippen molar-refractivity contribution in [3.8, 4) is 11.5 Å². The average molecular weight is 400 g/mol. The number of amides is 1. The van der Waals surface area contributed by atoms with Crippen LogP contribution in [0.3, 0.4) is 0 Å². The summed E-state index contributed by atoms with van der Waals surface area (Å²) in [5, 5.41) is 3.20. The number of fused-ring (bicyclic) bond motifs is 1. The monoisotopic (exact) mass is 399 g/mol. The fraction of sp³-hybridized carbons (Fsp3) is 0.435. The van der Waals surface area contributed by atoms with E-state index in [4.69, 9.17) is 9.47 Å². The molecule has 2 aromatic carbocycles. The molecule has 0 saturated heterocycles. The summed E-state index contributed by atoms with van der Waals surface area (Å²) in [4.78, 5) is 14.2. The quantitative estimate of drug-likeness (QED) is 0.677. The van der Waals surface area contributed by atoms with E-state index in [1.165, 1.54) is 10.5 Å². The Morgan fingerprint density at radius 1 is 1.11 bits per heavy atom. The molecule has 150 valence electrons. The average Bonchev–Trinajstić information content (AvgIpc) is 3.12. The first kappa shape index (κ1) is 20.6. The molecule has 1 heterocycles. The number of carbonyl (C=O) groups excluding carboxylic acids is 1. The molecule has 2 atom stereocenters. The maximum Gasteiger partial charge on any atom is 0.234 e. The molecule has 2 unspecified atom stereocenters. The molecular formula is C23H29NO3S. The lowest BCUT2D eigenvalue weighted by Crippen LogP contribution is -2.37. The Labute approximate surface area is 172 Å². The van der Waals surface area contributed by atoms with Gasteiger partial charge in [-0.3, -0.25) is 4.79 Å². The minimum Gasteiger partial charge on any atom is -0.490 e. The van der Waals surface area contributed by atoms with Crippen LogP contribution in [-0.2, 0) is 11.2 Å². The highest BCUT2D eigenvalue weighted by atomic mass is 32.2. The van der Waals surface area contributed by atoms with Gasteiger partial charge in [0.1, 0.15) is 0 Å². The summed E-state index contributed by atoms with van der Waals surface area (Å²) < 4.78 is 11.4. The highest BCUT2D eigenvalue weighted by Gasteiger charge is 2.30. The zero-order chi connectivity index (χ0) is 20.1. The molecule has 2 aromatic rings. The lowest BCUT2D eigenvalue weighted by molar-refractivity contribution is -0.121. The van der Waals surface area contributed by atoms with E-state index in [1.807, 2.05) is 44.2 Å². The van der Waals surface area contributed by atoms with E-state index in [2.05, 4.69) is 31.3 Å². The molecule has 1 aliphatic rings. The molecule has 1 aliphatic heterocycles. The number of hydrogen-bond donors (Lipinski definition) is 1. The molecule has 0 radical (unpaired) electrons. The largest absolute Gasteiger partial charge is 0.490 e. The maximum absolute atomic E-state index is 13.0. The first-order valence-corrected chi connectivity index (χ1v) is 10.9. The Morgan fingerprint density at radius 3 is 2.50 bits per heavy atom. The van der Waals surface area contributed by atoms with Gasteiger partial charge in [0.2, 0.25) is 5.91 Å². The van der Waals surface area contributed by atoms with Crippen LogP contribution in [0.2, 0.25) is 0 Å². The van der Waals surface area contributed by atoms with Crippen LogP contribution < -0.4 is 14.8 Å². The van der Waals surface area contributed by atoms with E-state index in [1.54, 1.807) is 11.8 Å². The van der Waals surface area contributed by atoms with E-state index >= 15 is 0 Å². The molecule has 5 heteroatoms. The Balaban J connectivity index is 1.77. The van der Waals surface area contributed by atoms with Crippen LogP contribution in [0.15, 0.2) is 47.4 Å². The molecule has 0 aliphatic carbocycles. The predicted molar refractivity (Wildman–Crippen MR) is 114 cm³/mol. The highest BCUT2D eigenvalue weighted by Crippen LogP contribution is 2.38. The second-order valence-electron chi connectivity index (χ2n) is 7.22. The van der Waals surface area contributed by atoms with E-state index in [0.717, 1.165) is 23.5 Å². The fourth-order valence-corrected chi connectivity index (χ4v) is 4.67. The number of nitrogens with one attached hydrogen (secondary N) is 1. The van der Waals surface area contributed by atoms with Gasteiger partial charge in [0.25, 0.3) is 0 Å². The van der Waals surface area contributed by atoms with Gasteiger partial charge < -0.3 is 14.8 Å².